The van der Waals surface area contributed by atoms with Crippen molar-refractivity contribution in [2.75, 3.05) is 6.61 Å². The molecule has 0 aromatic heterocycles. The molecule has 4 aliphatic carbocycles. The minimum absolute atomic E-state index is 0.0940. The highest BCUT2D eigenvalue weighted by Crippen LogP contribution is 2.67. The first-order valence-electron chi connectivity index (χ1n) is 12.9. The molecule has 0 aromatic carbocycles. The van der Waals surface area contributed by atoms with Gasteiger partial charge in [0, 0.05) is 18.8 Å². The molecule has 178 valence electrons. The van der Waals surface area contributed by atoms with Gasteiger partial charge in [-0.1, -0.05) is 13.8 Å². The Balaban J connectivity index is 1.34. The Kier molecular flexibility index (Phi) is 5.41. The normalized spacial score (nSPS) is 47.6. The van der Waals surface area contributed by atoms with Crippen LogP contribution < -0.4 is 0 Å². The van der Waals surface area contributed by atoms with Crippen molar-refractivity contribution in [2.45, 2.75) is 104 Å². The molecule has 0 N–H and O–H groups in total. The number of carbonyl (C=O) groups is 2. The van der Waals surface area contributed by atoms with Crippen molar-refractivity contribution in [1.82, 2.24) is 0 Å². The third kappa shape index (κ3) is 3.40. The first-order valence-corrected chi connectivity index (χ1v) is 12.9. The molecular weight excluding hydrogens is 404 g/mol. The number of hydrogen-bond donors (Lipinski definition) is 0. The lowest BCUT2D eigenvalue weighted by molar-refractivity contribution is -0.187. The maximum absolute atomic E-state index is 12.3. The summed E-state index contributed by atoms with van der Waals surface area (Å²) in [4.78, 5) is 24.0. The van der Waals surface area contributed by atoms with Gasteiger partial charge in [-0.2, -0.15) is 0 Å². The zero-order valence-corrected chi connectivity index (χ0v) is 20.3. The molecule has 32 heavy (non-hydrogen) atoms. The minimum atomic E-state index is -0.371. The van der Waals surface area contributed by atoms with Crippen molar-refractivity contribution in [1.29, 1.82) is 0 Å². The highest BCUT2D eigenvalue weighted by Gasteiger charge is 2.62. The summed E-state index contributed by atoms with van der Waals surface area (Å²) in [5, 5.41) is 0. The molecule has 5 heteroatoms. The first-order chi connectivity index (χ1) is 15.2. The van der Waals surface area contributed by atoms with Gasteiger partial charge in [0.2, 0.25) is 0 Å². The number of ether oxygens (including phenoxy) is 3. The van der Waals surface area contributed by atoms with Crippen LogP contribution in [0.25, 0.3) is 0 Å². The van der Waals surface area contributed by atoms with E-state index in [1.54, 1.807) is 13.0 Å². The van der Waals surface area contributed by atoms with Gasteiger partial charge >= 0.3 is 11.9 Å². The van der Waals surface area contributed by atoms with E-state index in [9.17, 15) is 9.59 Å². The summed E-state index contributed by atoms with van der Waals surface area (Å²) < 4.78 is 17.6. The average Bonchev–Trinajstić information content (AvgIpc) is 3.04. The SMILES string of the molecule is CCOC1=CC(=O)O[C@]2(CC[C@@]3(C)[C@@H](CC[C@@H]4[C@@H]3CC[C@]3(C)[C@@H](OC(C)=O)CC[C@@H]43)C2)C1. The zero-order chi connectivity index (χ0) is 22.7. The van der Waals surface area contributed by atoms with E-state index in [1.807, 2.05) is 6.92 Å². The fourth-order valence-corrected chi connectivity index (χ4v) is 8.96. The van der Waals surface area contributed by atoms with Crippen LogP contribution in [-0.4, -0.2) is 30.3 Å². The number of fused-ring (bicyclic) bond motifs is 5. The predicted octanol–water partition coefficient (Wildman–Crippen LogP) is 5.57. The number of rotatable bonds is 3. The molecule has 5 aliphatic rings. The maximum atomic E-state index is 12.3. The molecule has 0 aromatic rings. The first kappa shape index (κ1) is 22.3. The molecule has 0 unspecified atom stereocenters. The van der Waals surface area contributed by atoms with Crippen molar-refractivity contribution in [3.05, 3.63) is 11.8 Å². The molecule has 4 saturated carbocycles. The Labute approximate surface area is 192 Å². The number of hydrogen-bond acceptors (Lipinski definition) is 5. The Morgan fingerprint density at radius 1 is 1.06 bits per heavy atom. The van der Waals surface area contributed by atoms with Crippen molar-refractivity contribution >= 4 is 11.9 Å². The van der Waals surface area contributed by atoms with Gasteiger partial charge in [0.15, 0.2) is 0 Å². The second-order valence-corrected chi connectivity index (χ2v) is 11.9. The third-order valence-corrected chi connectivity index (χ3v) is 10.4. The molecular formula is C27H40O5. The Hall–Kier alpha value is -1.52. The highest BCUT2D eigenvalue weighted by atomic mass is 16.6. The summed E-state index contributed by atoms with van der Waals surface area (Å²) in [6.45, 7) is 9.04. The van der Waals surface area contributed by atoms with Crippen LogP contribution >= 0.6 is 0 Å². The summed E-state index contributed by atoms with van der Waals surface area (Å²) in [6.07, 6.45) is 12.5. The molecule has 4 fully saturated rings. The van der Waals surface area contributed by atoms with E-state index >= 15 is 0 Å². The molecule has 8 atom stereocenters. The van der Waals surface area contributed by atoms with E-state index < -0.39 is 0 Å². The second-order valence-electron chi connectivity index (χ2n) is 11.9. The molecule has 1 spiro atoms. The Bertz CT molecular complexity index is 819. The van der Waals surface area contributed by atoms with Crippen LogP contribution in [0.15, 0.2) is 11.8 Å². The predicted molar refractivity (Wildman–Crippen MR) is 120 cm³/mol. The second kappa shape index (κ2) is 7.77. The molecule has 1 aliphatic heterocycles. The van der Waals surface area contributed by atoms with Crippen LogP contribution in [0.4, 0.5) is 0 Å². The molecule has 0 saturated heterocycles. The van der Waals surface area contributed by atoms with Crippen molar-refractivity contribution in [2.24, 2.45) is 34.5 Å². The summed E-state index contributed by atoms with van der Waals surface area (Å²) in [6, 6.07) is 0. The topological polar surface area (TPSA) is 61.8 Å². The zero-order valence-electron chi connectivity index (χ0n) is 20.3. The average molecular weight is 445 g/mol. The van der Waals surface area contributed by atoms with Crippen LogP contribution in [0.5, 0.6) is 0 Å². The van der Waals surface area contributed by atoms with Crippen LogP contribution in [0.1, 0.15) is 91.9 Å². The quantitative estimate of drug-likeness (QED) is 0.533. The Morgan fingerprint density at radius 3 is 2.59 bits per heavy atom. The standard InChI is InChI=1S/C27H40O5/c1-5-30-19-14-24(29)32-27(16-19)13-12-25(3)18(15-27)6-7-20-21-8-9-23(31-17(2)28)26(21,4)11-10-22(20)25/h14,18,20-23H,5-13,15-16H2,1-4H3/t18-,20-,21-,22-,23-,25-,26-,27-/m0/s1. The lowest BCUT2D eigenvalue weighted by Crippen LogP contribution is -2.57. The van der Waals surface area contributed by atoms with Crippen molar-refractivity contribution in [3.8, 4) is 0 Å². The van der Waals surface area contributed by atoms with Crippen LogP contribution in [0.2, 0.25) is 0 Å². The fourth-order valence-electron chi connectivity index (χ4n) is 8.96. The van der Waals surface area contributed by atoms with Gasteiger partial charge in [0.05, 0.1) is 12.7 Å². The maximum Gasteiger partial charge on any atom is 0.334 e. The number of carbonyl (C=O) groups excluding carboxylic acids is 2. The van der Waals surface area contributed by atoms with Crippen molar-refractivity contribution in [3.63, 3.8) is 0 Å². The molecule has 5 nitrogen and oxygen atoms in total. The lowest BCUT2D eigenvalue weighted by atomic mass is 9.44. The summed E-state index contributed by atoms with van der Waals surface area (Å²) in [5.41, 5.74) is 0.0840. The van der Waals surface area contributed by atoms with Gasteiger partial charge in [-0.05, 0) is 93.8 Å². The molecule has 0 amide bonds. The van der Waals surface area contributed by atoms with Crippen molar-refractivity contribution < 1.29 is 23.8 Å². The summed E-state index contributed by atoms with van der Waals surface area (Å²) in [5.74, 6) is 3.17. The lowest BCUT2D eigenvalue weighted by Gasteiger charge is -2.62. The van der Waals surface area contributed by atoms with Crippen LogP contribution in [0, 0.1) is 34.5 Å². The smallest absolute Gasteiger partial charge is 0.334 e. The summed E-state index contributed by atoms with van der Waals surface area (Å²) >= 11 is 0. The molecule has 5 rings (SSSR count). The number of esters is 2. The highest BCUT2D eigenvalue weighted by molar-refractivity contribution is 5.83. The van der Waals surface area contributed by atoms with E-state index in [-0.39, 0.29) is 29.1 Å². The van der Waals surface area contributed by atoms with E-state index in [0.717, 1.165) is 56.1 Å². The van der Waals surface area contributed by atoms with E-state index in [2.05, 4.69) is 13.8 Å². The van der Waals surface area contributed by atoms with Crippen LogP contribution in [-0.2, 0) is 23.8 Å². The van der Waals surface area contributed by atoms with Gasteiger partial charge in [0.25, 0.3) is 0 Å². The monoisotopic (exact) mass is 444 g/mol. The minimum Gasteiger partial charge on any atom is -0.498 e. The fraction of sp³-hybridized carbons (Fsp3) is 0.852. The van der Waals surface area contributed by atoms with Gasteiger partial charge in [-0.25, -0.2) is 4.79 Å². The van der Waals surface area contributed by atoms with Gasteiger partial charge < -0.3 is 14.2 Å². The molecule has 1 heterocycles. The van der Waals surface area contributed by atoms with E-state index in [0.29, 0.717) is 23.9 Å². The molecule has 0 radical (unpaired) electrons. The van der Waals surface area contributed by atoms with Gasteiger partial charge in [-0.3, -0.25) is 4.79 Å². The van der Waals surface area contributed by atoms with E-state index in [4.69, 9.17) is 14.2 Å². The largest absolute Gasteiger partial charge is 0.498 e. The van der Waals surface area contributed by atoms with Gasteiger partial charge in [-0.15, -0.1) is 0 Å². The van der Waals surface area contributed by atoms with Gasteiger partial charge in [0.1, 0.15) is 17.5 Å². The van der Waals surface area contributed by atoms with Crippen LogP contribution in [0.3, 0.4) is 0 Å². The summed E-state index contributed by atoms with van der Waals surface area (Å²) in [7, 11) is 0. The van der Waals surface area contributed by atoms with E-state index in [1.165, 1.54) is 25.7 Å². The third-order valence-electron chi connectivity index (χ3n) is 10.4. The Morgan fingerprint density at radius 2 is 1.84 bits per heavy atom. The molecule has 0 bridgehead atoms.